The number of carbonyl (C=O) groups is 1. The van der Waals surface area contributed by atoms with Crippen molar-refractivity contribution in [2.75, 3.05) is 13.2 Å². The van der Waals surface area contributed by atoms with Gasteiger partial charge in [-0.15, -0.1) is 0 Å². The summed E-state index contributed by atoms with van der Waals surface area (Å²) in [5.41, 5.74) is 0. The monoisotopic (exact) mass is 186 g/mol. The molecule has 0 N–H and O–H groups in total. The topological polar surface area (TPSA) is 26.3 Å². The van der Waals surface area contributed by atoms with Crippen LogP contribution in [0.5, 0.6) is 0 Å². The summed E-state index contributed by atoms with van der Waals surface area (Å²) in [7, 11) is 0. The third kappa shape index (κ3) is 11.6. The van der Waals surface area contributed by atoms with E-state index in [0.717, 1.165) is 25.9 Å². The zero-order valence-electron chi connectivity index (χ0n) is 8.76. The van der Waals surface area contributed by atoms with Gasteiger partial charge in [0.05, 0.1) is 0 Å². The standard InChI is InChI=1S/C7H14O.C4H8O/c1-2-4-6-8-7-5-3-1;1-2-3-4-5/h1-7H2;4H,2-3H2,1H3. The Morgan fingerprint density at radius 3 is 2.00 bits per heavy atom. The second-order valence-corrected chi connectivity index (χ2v) is 3.34. The third-order valence-electron chi connectivity index (χ3n) is 1.98. The molecule has 0 bridgehead atoms. The molecule has 0 aromatic heterocycles. The minimum absolute atomic E-state index is 0.708. The first-order chi connectivity index (χ1) is 6.41. The van der Waals surface area contributed by atoms with E-state index in [2.05, 4.69) is 0 Å². The number of ether oxygens (including phenoxy) is 1. The van der Waals surface area contributed by atoms with E-state index in [9.17, 15) is 4.79 Å². The van der Waals surface area contributed by atoms with Crippen LogP contribution in [0.4, 0.5) is 0 Å². The molecule has 1 rings (SSSR count). The van der Waals surface area contributed by atoms with Crippen LogP contribution in [0.1, 0.15) is 51.9 Å². The van der Waals surface area contributed by atoms with Crippen molar-refractivity contribution in [1.29, 1.82) is 0 Å². The van der Waals surface area contributed by atoms with Crippen LogP contribution >= 0.6 is 0 Å². The first kappa shape index (κ1) is 12.6. The summed E-state index contributed by atoms with van der Waals surface area (Å²) in [6, 6.07) is 0. The molecule has 0 atom stereocenters. The van der Waals surface area contributed by atoms with Gasteiger partial charge in [-0.05, 0) is 19.3 Å². The molecule has 0 aliphatic carbocycles. The quantitative estimate of drug-likeness (QED) is 0.620. The van der Waals surface area contributed by atoms with Crippen molar-refractivity contribution in [2.24, 2.45) is 0 Å². The SMILES string of the molecule is C1CCCOCCC1.CCCC=O. The summed E-state index contributed by atoms with van der Waals surface area (Å²) in [6.07, 6.45) is 9.34. The first-order valence-corrected chi connectivity index (χ1v) is 5.43. The van der Waals surface area contributed by atoms with Gasteiger partial charge in [0.2, 0.25) is 0 Å². The summed E-state index contributed by atoms with van der Waals surface area (Å²) < 4.78 is 5.27. The van der Waals surface area contributed by atoms with Crippen molar-refractivity contribution in [1.82, 2.24) is 0 Å². The smallest absolute Gasteiger partial charge is 0.119 e. The molecule has 0 spiro atoms. The van der Waals surface area contributed by atoms with Crippen molar-refractivity contribution >= 4 is 6.29 Å². The van der Waals surface area contributed by atoms with Gasteiger partial charge in [0, 0.05) is 19.6 Å². The molecule has 13 heavy (non-hydrogen) atoms. The van der Waals surface area contributed by atoms with Gasteiger partial charge in [0.15, 0.2) is 0 Å². The van der Waals surface area contributed by atoms with Crippen molar-refractivity contribution in [3.05, 3.63) is 0 Å². The lowest BCUT2D eigenvalue weighted by Crippen LogP contribution is -2.00. The van der Waals surface area contributed by atoms with Crippen LogP contribution < -0.4 is 0 Å². The van der Waals surface area contributed by atoms with Crippen LogP contribution in [0.15, 0.2) is 0 Å². The molecule has 0 unspecified atom stereocenters. The van der Waals surface area contributed by atoms with E-state index >= 15 is 0 Å². The number of unbranched alkanes of at least 4 members (excludes halogenated alkanes) is 1. The van der Waals surface area contributed by atoms with Crippen molar-refractivity contribution in [3.63, 3.8) is 0 Å². The number of rotatable bonds is 2. The molecule has 0 aromatic carbocycles. The molecule has 1 heterocycles. The predicted octanol–water partition coefficient (Wildman–Crippen LogP) is 2.95. The Bertz CT molecular complexity index is 78.3. The highest BCUT2D eigenvalue weighted by Gasteiger charge is 1.95. The summed E-state index contributed by atoms with van der Waals surface area (Å²) in [5, 5.41) is 0. The Kier molecular flexibility index (Phi) is 11.3. The van der Waals surface area contributed by atoms with Crippen LogP contribution in [0, 0.1) is 0 Å². The fourth-order valence-corrected chi connectivity index (χ4v) is 1.16. The summed E-state index contributed by atoms with van der Waals surface area (Å²) in [6.45, 7) is 3.98. The highest BCUT2D eigenvalue weighted by atomic mass is 16.5. The lowest BCUT2D eigenvalue weighted by atomic mass is 10.1. The normalized spacial score (nSPS) is 17.6. The van der Waals surface area contributed by atoms with E-state index in [1.165, 1.54) is 32.1 Å². The number of hydrogen-bond donors (Lipinski definition) is 0. The summed E-state index contributed by atoms with van der Waals surface area (Å²) in [5.74, 6) is 0. The molecule has 1 aliphatic rings. The molecular weight excluding hydrogens is 164 g/mol. The van der Waals surface area contributed by atoms with E-state index in [1.807, 2.05) is 6.92 Å². The Morgan fingerprint density at radius 1 is 1.08 bits per heavy atom. The molecule has 0 radical (unpaired) electrons. The highest BCUT2D eigenvalue weighted by Crippen LogP contribution is 2.06. The minimum atomic E-state index is 0.708. The molecule has 2 heteroatoms. The van der Waals surface area contributed by atoms with Gasteiger partial charge in [-0.3, -0.25) is 0 Å². The van der Waals surface area contributed by atoms with Crippen LogP contribution in [0.2, 0.25) is 0 Å². The van der Waals surface area contributed by atoms with E-state index in [-0.39, 0.29) is 0 Å². The van der Waals surface area contributed by atoms with E-state index in [0.29, 0.717) is 6.42 Å². The molecular formula is C11H22O2. The fourth-order valence-electron chi connectivity index (χ4n) is 1.16. The predicted molar refractivity (Wildman–Crippen MR) is 54.9 cm³/mol. The average Bonchev–Trinajstić information content (AvgIpc) is 2.05. The summed E-state index contributed by atoms with van der Waals surface area (Å²) in [4.78, 5) is 9.40. The molecule has 78 valence electrons. The van der Waals surface area contributed by atoms with Gasteiger partial charge in [-0.25, -0.2) is 0 Å². The van der Waals surface area contributed by atoms with Crippen LogP contribution in [0.25, 0.3) is 0 Å². The highest BCUT2D eigenvalue weighted by molar-refractivity contribution is 5.48. The largest absolute Gasteiger partial charge is 0.381 e. The molecule has 0 saturated carbocycles. The lowest BCUT2D eigenvalue weighted by molar-refractivity contribution is -0.107. The molecule has 1 fully saturated rings. The maximum atomic E-state index is 9.40. The van der Waals surface area contributed by atoms with E-state index in [1.54, 1.807) is 0 Å². The molecule has 0 amide bonds. The Hall–Kier alpha value is -0.370. The van der Waals surface area contributed by atoms with Crippen molar-refractivity contribution in [3.8, 4) is 0 Å². The van der Waals surface area contributed by atoms with Crippen LogP contribution in [-0.2, 0) is 9.53 Å². The maximum absolute atomic E-state index is 9.40. The van der Waals surface area contributed by atoms with Gasteiger partial charge >= 0.3 is 0 Å². The zero-order valence-corrected chi connectivity index (χ0v) is 8.76. The van der Waals surface area contributed by atoms with E-state index < -0.39 is 0 Å². The van der Waals surface area contributed by atoms with Gasteiger partial charge in [0.1, 0.15) is 6.29 Å². The fraction of sp³-hybridized carbons (Fsp3) is 0.909. The molecule has 1 aliphatic heterocycles. The second kappa shape index (κ2) is 11.6. The van der Waals surface area contributed by atoms with E-state index in [4.69, 9.17) is 4.74 Å². The first-order valence-electron chi connectivity index (χ1n) is 5.43. The zero-order chi connectivity index (χ0) is 9.78. The van der Waals surface area contributed by atoms with Crippen LogP contribution in [-0.4, -0.2) is 19.5 Å². The molecule has 1 saturated heterocycles. The number of hydrogen-bond acceptors (Lipinski definition) is 2. The minimum Gasteiger partial charge on any atom is -0.381 e. The lowest BCUT2D eigenvalue weighted by Gasteiger charge is -2.07. The van der Waals surface area contributed by atoms with Crippen LogP contribution in [0.3, 0.4) is 0 Å². The number of carbonyl (C=O) groups excluding carboxylic acids is 1. The summed E-state index contributed by atoms with van der Waals surface area (Å²) >= 11 is 0. The Morgan fingerprint density at radius 2 is 1.62 bits per heavy atom. The number of aldehydes is 1. The van der Waals surface area contributed by atoms with Crippen molar-refractivity contribution < 1.29 is 9.53 Å². The maximum Gasteiger partial charge on any atom is 0.119 e. The third-order valence-corrected chi connectivity index (χ3v) is 1.98. The van der Waals surface area contributed by atoms with Gasteiger partial charge in [-0.2, -0.15) is 0 Å². The molecule has 0 aromatic rings. The van der Waals surface area contributed by atoms with Gasteiger partial charge < -0.3 is 9.53 Å². The molecule has 2 nitrogen and oxygen atoms in total. The van der Waals surface area contributed by atoms with Gasteiger partial charge in [-0.1, -0.05) is 26.2 Å². The average molecular weight is 186 g/mol. The Balaban J connectivity index is 0.000000252. The van der Waals surface area contributed by atoms with Gasteiger partial charge in [0.25, 0.3) is 0 Å². The second-order valence-electron chi connectivity index (χ2n) is 3.34. The Labute approximate surface area is 81.7 Å². The van der Waals surface area contributed by atoms with Crippen molar-refractivity contribution in [2.45, 2.75) is 51.9 Å².